The van der Waals surface area contributed by atoms with Crippen LogP contribution in [-0.2, 0) is 35.2 Å². The zero-order chi connectivity index (χ0) is 38.9. The van der Waals surface area contributed by atoms with Gasteiger partial charge < -0.3 is 41.4 Å². The third-order valence-electron chi connectivity index (χ3n) is 8.96. The fraction of sp³-hybridized carbons (Fsp3) is 0.529. The number of carboxylic acid groups (broad SMARTS) is 1. The molecule has 1 aromatic heterocycles. The van der Waals surface area contributed by atoms with Gasteiger partial charge in [-0.25, -0.2) is 4.98 Å². The van der Waals surface area contributed by atoms with Gasteiger partial charge in [0.05, 0.1) is 36.5 Å². The third-order valence-corrected chi connectivity index (χ3v) is 8.96. The van der Waals surface area contributed by atoms with E-state index in [9.17, 15) is 48.7 Å². The van der Waals surface area contributed by atoms with Crippen molar-refractivity contribution in [2.24, 2.45) is 11.7 Å². The highest BCUT2D eigenvalue weighted by Crippen LogP contribution is 2.20. The van der Waals surface area contributed by atoms with Crippen molar-refractivity contribution in [2.75, 3.05) is 18.5 Å². The first-order valence-electron chi connectivity index (χ1n) is 17.6. The minimum Gasteiger partial charge on any atom is -0.481 e. The number of likely N-dealkylation sites (tertiary alicyclic amines) is 1. The number of anilines is 1. The largest absolute Gasteiger partial charge is 0.481 e. The first-order chi connectivity index (χ1) is 25.3. The van der Waals surface area contributed by atoms with Crippen LogP contribution in [0.3, 0.4) is 0 Å². The summed E-state index contributed by atoms with van der Waals surface area (Å²) in [5.41, 5.74) is 11.9. The van der Waals surface area contributed by atoms with E-state index in [4.69, 9.17) is 5.73 Å². The van der Waals surface area contributed by atoms with Gasteiger partial charge in [-0.05, 0) is 56.9 Å². The summed E-state index contributed by atoms with van der Waals surface area (Å²) in [4.78, 5) is 94.8. The number of hydrazine groups is 1. The zero-order valence-corrected chi connectivity index (χ0v) is 29.7. The van der Waals surface area contributed by atoms with Crippen molar-refractivity contribution in [3.05, 3.63) is 48.0 Å². The standard InChI is InChI=1S/C34H49BN8O10/c1-21(33(49)43-15-5-8-29(43)35(52)53)39-32(48)22-9-11-24(12-10-22)41-42-30(46)14-13-26(44)7-4-2-3-6-23(34(50)51)16-28(45)27(40-31(47)18-36)17-25-19-37-20-38-25/h9-12,19-21,23,27,29,41,52-53H,2-8,13-18,36H2,1H3,(H,37,38)(H,39,48)(H,40,47)(H,42,46)(H,50,51)/t21-,23-,27+,29+/m1/s1. The maximum absolute atomic E-state index is 12.9. The molecule has 0 bridgehead atoms. The summed E-state index contributed by atoms with van der Waals surface area (Å²) in [5.74, 6) is -5.23. The molecule has 1 aliphatic heterocycles. The van der Waals surface area contributed by atoms with Gasteiger partial charge in [-0.1, -0.05) is 12.8 Å². The number of rotatable bonds is 23. The number of carboxylic acids is 1. The SMILES string of the molecule is C[C@@H](NC(=O)c1ccc(NNC(=O)CCC(=O)CCCCC[C@H](CC(=O)[C@H](Cc2cnc[nH]2)NC(=O)CN)C(=O)O)cc1)C(=O)N1CCC[C@H]1B(O)O. The number of carbonyl (C=O) groups excluding carboxylic acids is 6. The number of amides is 4. The van der Waals surface area contributed by atoms with Gasteiger partial charge >= 0.3 is 13.1 Å². The molecule has 0 radical (unpaired) electrons. The Labute approximate surface area is 307 Å². The Morgan fingerprint density at radius 2 is 1.74 bits per heavy atom. The molecule has 0 unspecified atom stereocenters. The number of H-pyrrole nitrogens is 1. The van der Waals surface area contributed by atoms with Gasteiger partial charge in [-0.3, -0.25) is 44.4 Å². The zero-order valence-electron chi connectivity index (χ0n) is 29.7. The minimum absolute atomic E-state index is 0.0114. The molecule has 2 aromatic rings. The molecule has 19 heteroatoms. The summed E-state index contributed by atoms with van der Waals surface area (Å²) in [6.07, 6.45) is 5.77. The lowest BCUT2D eigenvalue weighted by Gasteiger charge is -2.27. The topological polar surface area (TPSA) is 286 Å². The lowest BCUT2D eigenvalue weighted by atomic mass is 9.78. The number of benzene rings is 1. The Bertz CT molecular complexity index is 1560. The van der Waals surface area contributed by atoms with Crippen molar-refractivity contribution in [3.63, 3.8) is 0 Å². The summed E-state index contributed by atoms with van der Waals surface area (Å²) in [7, 11) is -1.65. The van der Waals surface area contributed by atoms with Crippen LogP contribution in [0.2, 0.25) is 0 Å². The van der Waals surface area contributed by atoms with E-state index in [0.717, 1.165) is 0 Å². The third kappa shape index (κ3) is 14.1. The predicted molar refractivity (Wildman–Crippen MR) is 191 cm³/mol. The van der Waals surface area contributed by atoms with E-state index in [1.165, 1.54) is 36.5 Å². The number of unbranched alkanes of at least 4 members (excludes halogenated alkanes) is 2. The second kappa shape index (κ2) is 21.4. The van der Waals surface area contributed by atoms with Crippen LogP contribution in [0.1, 0.15) is 87.2 Å². The van der Waals surface area contributed by atoms with Crippen LogP contribution in [0.25, 0.3) is 0 Å². The molecule has 1 aliphatic rings. The first kappa shape index (κ1) is 42.3. The highest BCUT2D eigenvalue weighted by atomic mass is 16.4. The Morgan fingerprint density at radius 3 is 2.38 bits per heavy atom. The van der Waals surface area contributed by atoms with E-state index < -0.39 is 66.4 Å². The number of ketones is 2. The molecule has 1 aromatic carbocycles. The maximum atomic E-state index is 12.9. The maximum Gasteiger partial charge on any atom is 0.475 e. The second-order valence-electron chi connectivity index (χ2n) is 13.0. The summed E-state index contributed by atoms with van der Waals surface area (Å²) in [5, 5.41) is 33.9. The molecule has 0 spiro atoms. The number of nitrogens with two attached hydrogens (primary N) is 1. The molecule has 0 aliphatic carbocycles. The van der Waals surface area contributed by atoms with Gasteiger partial charge in [-0.15, -0.1) is 0 Å². The molecule has 3 rings (SSSR count). The molecule has 2 heterocycles. The predicted octanol–water partition coefficient (Wildman–Crippen LogP) is -0.380. The van der Waals surface area contributed by atoms with Gasteiger partial charge in [0.15, 0.2) is 5.78 Å². The van der Waals surface area contributed by atoms with Gasteiger partial charge in [0.1, 0.15) is 11.8 Å². The summed E-state index contributed by atoms with van der Waals surface area (Å²) in [6, 6.07) is 4.26. The first-order valence-corrected chi connectivity index (χ1v) is 17.6. The van der Waals surface area contributed by atoms with Crippen LogP contribution >= 0.6 is 0 Å². The molecule has 1 saturated heterocycles. The normalized spacial score (nSPS) is 15.5. The molecule has 1 fully saturated rings. The number of carbonyl (C=O) groups is 7. The smallest absolute Gasteiger partial charge is 0.475 e. The van der Waals surface area contributed by atoms with E-state index in [1.54, 1.807) is 12.1 Å². The number of aliphatic carboxylic acids is 1. The average molecular weight is 741 g/mol. The molecule has 10 N–H and O–H groups in total. The van der Waals surface area contributed by atoms with Crippen molar-refractivity contribution in [1.29, 1.82) is 0 Å². The minimum atomic E-state index is -1.65. The van der Waals surface area contributed by atoms with E-state index in [0.29, 0.717) is 50.0 Å². The number of hydrogen-bond acceptors (Lipinski definition) is 12. The van der Waals surface area contributed by atoms with Crippen LogP contribution in [-0.4, -0.2) is 109 Å². The fourth-order valence-electron chi connectivity index (χ4n) is 5.96. The number of aromatic nitrogens is 2. The van der Waals surface area contributed by atoms with Crippen molar-refractivity contribution in [2.45, 2.75) is 95.6 Å². The van der Waals surface area contributed by atoms with E-state index in [2.05, 4.69) is 31.5 Å². The highest BCUT2D eigenvalue weighted by molar-refractivity contribution is 6.43. The fourth-order valence-corrected chi connectivity index (χ4v) is 5.96. The number of imidazole rings is 1. The summed E-state index contributed by atoms with van der Waals surface area (Å²) < 4.78 is 0. The van der Waals surface area contributed by atoms with E-state index in [-0.39, 0.29) is 56.4 Å². The molecule has 53 heavy (non-hydrogen) atoms. The number of hydrogen-bond donors (Lipinski definition) is 9. The van der Waals surface area contributed by atoms with Crippen molar-refractivity contribution >= 4 is 54.0 Å². The monoisotopic (exact) mass is 740 g/mol. The van der Waals surface area contributed by atoms with Crippen LogP contribution in [0, 0.1) is 5.92 Å². The Morgan fingerprint density at radius 1 is 1.00 bits per heavy atom. The van der Waals surface area contributed by atoms with Crippen LogP contribution in [0.4, 0.5) is 5.69 Å². The second-order valence-corrected chi connectivity index (χ2v) is 13.0. The molecule has 0 saturated carbocycles. The number of Topliss-reactive ketones (excluding diaryl/α,β-unsaturated/α-hetero) is 2. The molecular formula is C34H49BN8O10. The highest BCUT2D eigenvalue weighted by Gasteiger charge is 2.38. The van der Waals surface area contributed by atoms with Crippen molar-refractivity contribution < 1.29 is 48.7 Å². The van der Waals surface area contributed by atoms with Gasteiger partial charge in [-0.2, -0.15) is 0 Å². The number of nitrogens with zero attached hydrogens (tertiary/aromatic N) is 2. The number of nitrogens with one attached hydrogen (secondary N) is 5. The molecule has 18 nitrogen and oxygen atoms in total. The lowest BCUT2D eigenvalue weighted by Crippen LogP contribution is -2.52. The van der Waals surface area contributed by atoms with Gasteiger partial charge in [0.25, 0.3) is 5.91 Å². The quantitative estimate of drug-likeness (QED) is 0.0400. The van der Waals surface area contributed by atoms with Gasteiger partial charge in [0, 0.05) is 56.1 Å². The lowest BCUT2D eigenvalue weighted by molar-refractivity contribution is -0.144. The summed E-state index contributed by atoms with van der Waals surface area (Å²) in [6.45, 7) is 1.58. The Kier molecular flexibility index (Phi) is 17.1. The Hall–Kier alpha value is -5.14. The van der Waals surface area contributed by atoms with Gasteiger partial charge in [0.2, 0.25) is 17.7 Å². The molecule has 288 valence electrons. The average Bonchev–Trinajstić information content (AvgIpc) is 3.85. The van der Waals surface area contributed by atoms with E-state index >= 15 is 0 Å². The van der Waals surface area contributed by atoms with E-state index in [1.807, 2.05) is 0 Å². The van der Waals surface area contributed by atoms with Crippen LogP contribution in [0.15, 0.2) is 36.8 Å². The molecule has 4 atom stereocenters. The van der Waals surface area contributed by atoms with Crippen LogP contribution in [0.5, 0.6) is 0 Å². The van der Waals surface area contributed by atoms with Crippen molar-refractivity contribution in [3.8, 4) is 0 Å². The van der Waals surface area contributed by atoms with Crippen LogP contribution < -0.4 is 27.2 Å². The summed E-state index contributed by atoms with van der Waals surface area (Å²) >= 11 is 0. The van der Waals surface area contributed by atoms with Crippen molar-refractivity contribution in [1.82, 2.24) is 30.9 Å². The molecule has 4 amide bonds. The Balaban J connectivity index is 1.32. The molecular weight excluding hydrogens is 691 g/mol. The number of aromatic amines is 1.